The highest BCUT2D eigenvalue weighted by Gasteiger charge is 2.22. The molecule has 0 atom stereocenters. The maximum Gasteiger partial charge on any atom is 0.325 e. The molecule has 1 N–H and O–H groups in total. The number of nitrogens with one attached hydrogen (secondary N) is 1. The van der Waals surface area contributed by atoms with Crippen molar-refractivity contribution in [1.82, 2.24) is 10.2 Å². The number of amides is 2. The molecule has 33 heavy (non-hydrogen) atoms. The summed E-state index contributed by atoms with van der Waals surface area (Å²) >= 11 is 0. The van der Waals surface area contributed by atoms with Gasteiger partial charge in [-0.1, -0.05) is 0 Å². The zero-order valence-corrected chi connectivity index (χ0v) is 18.9. The Balaban J connectivity index is 1.36. The van der Waals surface area contributed by atoms with Gasteiger partial charge in [0.15, 0.2) is 6.61 Å². The second-order valence-electron chi connectivity index (χ2n) is 7.37. The van der Waals surface area contributed by atoms with E-state index in [4.69, 9.17) is 14.2 Å². The Morgan fingerprint density at radius 1 is 0.909 bits per heavy atom. The minimum atomic E-state index is -0.667. The van der Waals surface area contributed by atoms with Gasteiger partial charge >= 0.3 is 5.97 Å². The molecule has 3 rings (SSSR count). The first-order valence-electron chi connectivity index (χ1n) is 10.8. The fourth-order valence-corrected chi connectivity index (χ4v) is 3.42. The number of hydrogen-bond donors (Lipinski definition) is 1. The summed E-state index contributed by atoms with van der Waals surface area (Å²) < 4.78 is 15.5. The van der Waals surface area contributed by atoms with E-state index in [0.717, 1.165) is 11.4 Å². The molecule has 1 fully saturated rings. The first-order chi connectivity index (χ1) is 16.0. The number of hydrogen-bond acceptors (Lipinski definition) is 7. The summed E-state index contributed by atoms with van der Waals surface area (Å²) in [5.74, 6) is 0.132. The molecule has 9 nitrogen and oxygen atoms in total. The largest absolute Gasteiger partial charge is 0.497 e. The van der Waals surface area contributed by atoms with Crippen LogP contribution in [0, 0.1) is 0 Å². The van der Waals surface area contributed by atoms with E-state index >= 15 is 0 Å². The van der Waals surface area contributed by atoms with Gasteiger partial charge in [0.25, 0.3) is 11.8 Å². The molecule has 0 aromatic heterocycles. The molecule has 2 amide bonds. The van der Waals surface area contributed by atoms with E-state index in [1.807, 2.05) is 31.2 Å². The first-order valence-corrected chi connectivity index (χ1v) is 10.8. The van der Waals surface area contributed by atoms with Crippen molar-refractivity contribution in [2.75, 3.05) is 57.9 Å². The van der Waals surface area contributed by atoms with Crippen LogP contribution in [0.3, 0.4) is 0 Å². The Bertz CT molecular complexity index is 938. The summed E-state index contributed by atoms with van der Waals surface area (Å²) in [4.78, 5) is 40.3. The number of carbonyl (C=O) groups is 3. The van der Waals surface area contributed by atoms with Gasteiger partial charge < -0.3 is 29.3 Å². The van der Waals surface area contributed by atoms with Crippen LogP contribution >= 0.6 is 0 Å². The van der Waals surface area contributed by atoms with Crippen molar-refractivity contribution in [2.45, 2.75) is 6.92 Å². The summed E-state index contributed by atoms with van der Waals surface area (Å²) in [5.41, 5.74) is 1.47. The SMILES string of the molecule is CCOc1ccc(C(=O)NCC(=O)OCC(=O)N2CCN(c3ccc(OC)cc3)CC2)cc1. The van der Waals surface area contributed by atoms with Crippen molar-refractivity contribution in [3.05, 3.63) is 54.1 Å². The minimum Gasteiger partial charge on any atom is -0.497 e. The molecule has 1 aliphatic rings. The van der Waals surface area contributed by atoms with Crippen LogP contribution in [0.2, 0.25) is 0 Å². The third-order valence-electron chi connectivity index (χ3n) is 5.25. The number of ether oxygens (including phenoxy) is 3. The maximum atomic E-state index is 12.4. The van der Waals surface area contributed by atoms with Crippen molar-refractivity contribution in [3.63, 3.8) is 0 Å². The van der Waals surface area contributed by atoms with Crippen LogP contribution in [0.1, 0.15) is 17.3 Å². The van der Waals surface area contributed by atoms with Crippen molar-refractivity contribution < 1.29 is 28.6 Å². The molecule has 0 spiro atoms. The van der Waals surface area contributed by atoms with Gasteiger partial charge in [0, 0.05) is 37.4 Å². The number of anilines is 1. The van der Waals surface area contributed by atoms with Gasteiger partial charge in [-0.25, -0.2) is 0 Å². The molecule has 1 aliphatic heterocycles. The van der Waals surface area contributed by atoms with Crippen molar-refractivity contribution in [3.8, 4) is 11.5 Å². The predicted octanol–water partition coefficient (Wildman–Crippen LogP) is 1.72. The number of methoxy groups -OCH3 is 1. The molecule has 0 radical (unpaired) electrons. The summed E-state index contributed by atoms with van der Waals surface area (Å²) in [5, 5.41) is 2.49. The number of benzene rings is 2. The van der Waals surface area contributed by atoms with Crippen LogP contribution < -0.4 is 19.7 Å². The standard InChI is InChI=1S/C24H29N3O6/c1-3-32-21-8-4-18(5-9-21)24(30)25-16-23(29)33-17-22(28)27-14-12-26(13-15-27)19-6-10-20(31-2)11-7-19/h4-11H,3,12-17H2,1-2H3,(H,25,30). The summed E-state index contributed by atoms with van der Waals surface area (Å²) in [6.45, 7) is 4.20. The van der Waals surface area contributed by atoms with E-state index in [1.165, 1.54) is 0 Å². The molecular formula is C24H29N3O6. The van der Waals surface area contributed by atoms with Gasteiger partial charge in [-0.3, -0.25) is 14.4 Å². The molecule has 176 valence electrons. The second kappa shape index (κ2) is 11.8. The topological polar surface area (TPSA) is 97.4 Å². The third-order valence-corrected chi connectivity index (χ3v) is 5.25. The number of carbonyl (C=O) groups excluding carboxylic acids is 3. The lowest BCUT2D eigenvalue weighted by Gasteiger charge is -2.36. The van der Waals surface area contributed by atoms with Gasteiger partial charge in [-0.2, -0.15) is 0 Å². The van der Waals surface area contributed by atoms with Crippen LogP contribution in [0.15, 0.2) is 48.5 Å². The lowest BCUT2D eigenvalue weighted by atomic mass is 10.2. The summed E-state index contributed by atoms with van der Waals surface area (Å²) in [7, 11) is 1.63. The molecule has 0 aliphatic carbocycles. The molecule has 0 saturated carbocycles. The second-order valence-corrected chi connectivity index (χ2v) is 7.37. The molecule has 9 heteroatoms. The molecule has 1 heterocycles. The monoisotopic (exact) mass is 455 g/mol. The Hall–Kier alpha value is -3.75. The summed E-state index contributed by atoms with van der Waals surface area (Å²) in [6, 6.07) is 14.4. The Labute approximate surface area is 193 Å². The van der Waals surface area contributed by atoms with Crippen molar-refractivity contribution >= 4 is 23.5 Å². The fourth-order valence-electron chi connectivity index (χ4n) is 3.42. The Kier molecular flexibility index (Phi) is 8.51. The van der Waals surface area contributed by atoms with Crippen LogP contribution in [0.25, 0.3) is 0 Å². The van der Waals surface area contributed by atoms with Crippen molar-refractivity contribution in [2.24, 2.45) is 0 Å². The highest BCUT2D eigenvalue weighted by Crippen LogP contribution is 2.20. The molecule has 1 saturated heterocycles. The average Bonchev–Trinajstić information content (AvgIpc) is 2.86. The Morgan fingerprint density at radius 3 is 2.15 bits per heavy atom. The highest BCUT2D eigenvalue weighted by atomic mass is 16.5. The molecule has 0 bridgehead atoms. The van der Waals surface area contributed by atoms with Crippen LogP contribution in [0.4, 0.5) is 5.69 Å². The predicted molar refractivity (Wildman–Crippen MR) is 123 cm³/mol. The van der Waals surface area contributed by atoms with E-state index in [1.54, 1.807) is 36.3 Å². The van der Waals surface area contributed by atoms with E-state index in [0.29, 0.717) is 44.1 Å². The van der Waals surface area contributed by atoms with E-state index in [2.05, 4.69) is 10.2 Å². The number of piperazine rings is 1. The number of rotatable bonds is 9. The quantitative estimate of drug-likeness (QED) is 0.575. The van der Waals surface area contributed by atoms with Gasteiger partial charge in [0.1, 0.15) is 18.0 Å². The lowest BCUT2D eigenvalue weighted by molar-refractivity contribution is -0.151. The third kappa shape index (κ3) is 6.86. The average molecular weight is 456 g/mol. The van der Waals surface area contributed by atoms with Crippen molar-refractivity contribution in [1.29, 1.82) is 0 Å². The van der Waals surface area contributed by atoms with E-state index in [9.17, 15) is 14.4 Å². The van der Waals surface area contributed by atoms with Gasteiger partial charge in [-0.05, 0) is 55.5 Å². The van der Waals surface area contributed by atoms with E-state index < -0.39 is 11.9 Å². The fraction of sp³-hybridized carbons (Fsp3) is 0.375. The molecule has 2 aromatic rings. The zero-order chi connectivity index (χ0) is 23.6. The first kappa shape index (κ1) is 23.9. The smallest absolute Gasteiger partial charge is 0.325 e. The van der Waals surface area contributed by atoms with Crippen LogP contribution in [-0.4, -0.2) is 75.7 Å². The molecule has 0 unspecified atom stereocenters. The molecular weight excluding hydrogens is 426 g/mol. The van der Waals surface area contributed by atoms with Gasteiger partial charge in [0.05, 0.1) is 13.7 Å². The normalized spacial score (nSPS) is 13.3. The van der Waals surface area contributed by atoms with Gasteiger partial charge in [-0.15, -0.1) is 0 Å². The zero-order valence-electron chi connectivity index (χ0n) is 18.9. The van der Waals surface area contributed by atoms with Crippen LogP contribution in [-0.2, 0) is 14.3 Å². The Morgan fingerprint density at radius 2 is 1.55 bits per heavy atom. The minimum absolute atomic E-state index is 0.254. The summed E-state index contributed by atoms with van der Waals surface area (Å²) in [6.07, 6.45) is 0. The lowest BCUT2D eigenvalue weighted by Crippen LogP contribution is -2.50. The number of esters is 1. The van der Waals surface area contributed by atoms with Crippen LogP contribution in [0.5, 0.6) is 11.5 Å². The van der Waals surface area contributed by atoms with E-state index in [-0.39, 0.29) is 19.1 Å². The molecule has 2 aromatic carbocycles. The maximum absolute atomic E-state index is 12.4. The van der Waals surface area contributed by atoms with Gasteiger partial charge in [0.2, 0.25) is 0 Å². The number of nitrogens with zero attached hydrogens (tertiary/aromatic N) is 2. The highest BCUT2D eigenvalue weighted by molar-refractivity contribution is 5.96.